The van der Waals surface area contributed by atoms with E-state index in [1.165, 1.54) is 0 Å². The quantitative estimate of drug-likeness (QED) is 0.572. The van der Waals surface area contributed by atoms with E-state index in [-0.39, 0.29) is 20.1 Å². The van der Waals surface area contributed by atoms with Crippen LogP contribution in [0.2, 0.25) is 5.02 Å². The molecule has 3 aromatic rings. The Morgan fingerprint density at radius 3 is 2.50 bits per heavy atom. The third kappa shape index (κ3) is 4.56. The monoisotopic (exact) mass is 436 g/mol. The Balaban J connectivity index is 1.74. The second kappa shape index (κ2) is 8.36. The van der Waals surface area contributed by atoms with Gasteiger partial charge in [0.15, 0.2) is 0 Å². The van der Waals surface area contributed by atoms with Crippen LogP contribution in [0.15, 0.2) is 52.9 Å². The number of aryl methyl sites for hydroxylation is 1. The second-order valence-electron chi connectivity index (χ2n) is 6.01. The molecule has 0 aliphatic rings. The Morgan fingerprint density at radius 2 is 1.79 bits per heavy atom. The summed E-state index contributed by atoms with van der Waals surface area (Å²) in [7, 11) is -3.89. The Kier molecular flexibility index (Phi) is 6.09. The van der Waals surface area contributed by atoms with Crippen LogP contribution in [-0.2, 0) is 10.0 Å². The molecule has 1 amide bonds. The average Bonchev–Trinajstić information content (AvgIpc) is 3.11. The maximum absolute atomic E-state index is 12.6. The minimum Gasteiger partial charge on any atom is -0.296 e. The molecule has 2 N–H and O–H groups in total. The fourth-order valence-corrected chi connectivity index (χ4v) is 4.95. The zero-order valence-electron chi connectivity index (χ0n) is 15.0. The highest BCUT2D eigenvalue weighted by molar-refractivity contribution is 7.91. The molecule has 2 aromatic carbocycles. The fraction of sp³-hybridized carbons (Fsp3) is 0.167. The van der Waals surface area contributed by atoms with Gasteiger partial charge in [-0.3, -0.25) is 10.1 Å². The highest BCUT2D eigenvalue weighted by Crippen LogP contribution is 2.24. The zero-order chi connectivity index (χ0) is 20.3. The van der Waals surface area contributed by atoms with Crippen LogP contribution in [0.3, 0.4) is 0 Å². The smallest absolute Gasteiger partial charge is 0.270 e. The van der Waals surface area contributed by atoms with Crippen LogP contribution in [0.4, 0.5) is 5.13 Å². The van der Waals surface area contributed by atoms with Gasteiger partial charge in [0.05, 0.1) is 10.6 Å². The summed E-state index contributed by atoms with van der Waals surface area (Å²) in [6, 6.07) is 13.6. The van der Waals surface area contributed by atoms with Crippen LogP contribution in [0.5, 0.6) is 0 Å². The molecule has 0 radical (unpaired) electrons. The summed E-state index contributed by atoms with van der Waals surface area (Å²) in [6.07, 6.45) is 0. The predicted molar refractivity (Wildman–Crippen MR) is 109 cm³/mol. The van der Waals surface area contributed by atoms with Gasteiger partial charge in [0.25, 0.3) is 15.9 Å². The molecular weight excluding hydrogens is 420 g/mol. The summed E-state index contributed by atoms with van der Waals surface area (Å²) in [6.45, 7) is 3.66. The summed E-state index contributed by atoms with van der Waals surface area (Å²) in [4.78, 5) is 12.3. The highest BCUT2D eigenvalue weighted by Gasteiger charge is 2.24. The molecule has 1 atom stereocenters. The number of aromatic nitrogens is 2. The third-order valence-corrected chi connectivity index (χ3v) is 7.04. The number of rotatable bonds is 6. The van der Waals surface area contributed by atoms with E-state index in [9.17, 15) is 13.2 Å². The minimum atomic E-state index is -3.89. The lowest BCUT2D eigenvalue weighted by Gasteiger charge is -2.15. The number of anilines is 1. The summed E-state index contributed by atoms with van der Waals surface area (Å²) in [5.41, 5.74) is 2.10. The molecular formula is C18H17ClN4O3S2. The van der Waals surface area contributed by atoms with Gasteiger partial charge in [0.2, 0.25) is 9.47 Å². The number of hydrogen-bond acceptors (Lipinski definition) is 6. The van der Waals surface area contributed by atoms with E-state index in [1.807, 2.05) is 31.2 Å². The summed E-state index contributed by atoms with van der Waals surface area (Å²) in [5, 5.41) is 10.3. The van der Waals surface area contributed by atoms with E-state index in [1.54, 1.807) is 31.2 Å². The van der Waals surface area contributed by atoms with Gasteiger partial charge in [-0.05, 0) is 37.1 Å². The van der Waals surface area contributed by atoms with Gasteiger partial charge in [0, 0.05) is 6.04 Å². The number of nitrogens with zero attached hydrogens (tertiary/aromatic N) is 2. The van der Waals surface area contributed by atoms with Crippen LogP contribution in [0.25, 0.3) is 0 Å². The van der Waals surface area contributed by atoms with E-state index in [2.05, 4.69) is 20.2 Å². The van der Waals surface area contributed by atoms with Crippen molar-refractivity contribution < 1.29 is 13.2 Å². The van der Waals surface area contributed by atoms with Crippen molar-refractivity contribution in [3.05, 3.63) is 70.2 Å². The summed E-state index contributed by atoms with van der Waals surface area (Å²) >= 11 is 6.75. The first-order chi connectivity index (χ1) is 13.3. The largest absolute Gasteiger partial charge is 0.296 e. The molecule has 10 heteroatoms. The van der Waals surface area contributed by atoms with Crippen molar-refractivity contribution in [2.24, 2.45) is 0 Å². The normalized spacial score (nSPS) is 12.5. The molecule has 28 heavy (non-hydrogen) atoms. The third-order valence-electron chi connectivity index (χ3n) is 3.96. The lowest BCUT2D eigenvalue weighted by atomic mass is 10.0. The van der Waals surface area contributed by atoms with Crippen LogP contribution in [0.1, 0.15) is 34.5 Å². The van der Waals surface area contributed by atoms with Gasteiger partial charge in [0.1, 0.15) is 0 Å². The molecule has 0 bridgehead atoms. The molecule has 0 fully saturated rings. The molecule has 0 aliphatic heterocycles. The molecule has 0 spiro atoms. The van der Waals surface area contributed by atoms with Crippen LogP contribution in [-0.4, -0.2) is 24.5 Å². The van der Waals surface area contributed by atoms with E-state index < -0.39 is 22.0 Å². The first-order valence-electron chi connectivity index (χ1n) is 8.25. The van der Waals surface area contributed by atoms with Crippen LogP contribution < -0.4 is 10.0 Å². The van der Waals surface area contributed by atoms with Crippen LogP contribution in [0, 0.1) is 6.92 Å². The maximum Gasteiger partial charge on any atom is 0.270 e. The number of carbonyl (C=O) groups excluding carboxylic acids is 1. The number of benzene rings is 2. The summed E-state index contributed by atoms with van der Waals surface area (Å²) in [5.74, 6) is -0.494. The van der Waals surface area contributed by atoms with E-state index in [0.717, 1.165) is 22.5 Å². The van der Waals surface area contributed by atoms with Crippen LogP contribution >= 0.6 is 22.9 Å². The molecule has 1 heterocycles. The average molecular weight is 437 g/mol. The van der Waals surface area contributed by atoms with Gasteiger partial charge in [-0.25, -0.2) is 13.1 Å². The second-order valence-corrected chi connectivity index (χ2v) is 9.28. The standard InChI is InChI=1S/C18H17ClN4O3S2/c1-11-7-3-4-8-13(11)12(2)23-28(25,26)18-22-21-17(27-18)20-16(24)14-9-5-6-10-15(14)19/h3-10,12,23H,1-2H3,(H,20,21,24)/t12-/m0/s1. The number of hydrogen-bond donors (Lipinski definition) is 2. The van der Waals surface area contributed by atoms with Crippen molar-refractivity contribution in [2.45, 2.75) is 24.2 Å². The number of nitrogens with one attached hydrogen (secondary N) is 2. The van der Waals surface area contributed by atoms with Crippen molar-refractivity contribution in [3.8, 4) is 0 Å². The van der Waals surface area contributed by atoms with Gasteiger partial charge in [-0.1, -0.05) is 59.3 Å². The Morgan fingerprint density at radius 1 is 1.11 bits per heavy atom. The lowest BCUT2D eigenvalue weighted by Crippen LogP contribution is -2.27. The molecule has 7 nitrogen and oxygen atoms in total. The van der Waals surface area contributed by atoms with Gasteiger partial charge >= 0.3 is 0 Å². The van der Waals surface area contributed by atoms with Crippen molar-refractivity contribution in [3.63, 3.8) is 0 Å². The number of sulfonamides is 1. The molecule has 0 saturated heterocycles. The Hall–Kier alpha value is -2.33. The maximum atomic E-state index is 12.6. The van der Waals surface area contributed by atoms with Crippen molar-refractivity contribution in [1.29, 1.82) is 0 Å². The molecule has 0 aliphatic carbocycles. The van der Waals surface area contributed by atoms with Gasteiger partial charge in [-0.15, -0.1) is 10.2 Å². The van der Waals surface area contributed by atoms with Crippen molar-refractivity contribution in [2.75, 3.05) is 5.32 Å². The molecule has 3 rings (SSSR count). The van der Waals surface area contributed by atoms with Gasteiger partial charge < -0.3 is 0 Å². The number of carbonyl (C=O) groups is 1. The molecule has 1 aromatic heterocycles. The molecule has 0 saturated carbocycles. The first kappa shape index (κ1) is 20.4. The summed E-state index contributed by atoms with van der Waals surface area (Å²) < 4.78 is 27.6. The van der Waals surface area contributed by atoms with E-state index in [0.29, 0.717) is 0 Å². The van der Waals surface area contributed by atoms with E-state index >= 15 is 0 Å². The molecule has 0 unspecified atom stereocenters. The Bertz CT molecular complexity index is 1120. The Labute approximate surface area is 171 Å². The van der Waals surface area contributed by atoms with Crippen molar-refractivity contribution >= 4 is 44.0 Å². The SMILES string of the molecule is Cc1ccccc1[C@H](C)NS(=O)(=O)c1nnc(NC(=O)c2ccccc2Cl)s1. The number of amides is 1. The van der Waals surface area contributed by atoms with Crippen molar-refractivity contribution in [1.82, 2.24) is 14.9 Å². The fourth-order valence-electron chi connectivity index (χ4n) is 2.60. The number of halogens is 1. The molecule has 146 valence electrons. The zero-order valence-corrected chi connectivity index (χ0v) is 17.4. The topological polar surface area (TPSA) is 101 Å². The lowest BCUT2D eigenvalue weighted by molar-refractivity contribution is 0.102. The van der Waals surface area contributed by atoms with E-state index in [4.69, 9.17) is 11.6 Å². The highest BCUT2D eigenvalue weighted by atomic mass is 35.5. The first-order valence-corrected chi connectivity index (χ1v) is 10.9. The minimum absolute atomic E-state index is 0.0637. The predicted octanol–water partition coefficient (Wildman–Crippen LogP) is 3.79. The van der Waals surface area contributed by atoms with Gasteiger partial charge in [-0.2, -0.15) is 0 Å².